The fourth-order valence-corrected chi connectivity index (χ4v) is 5.70. The Labute approximate surface area is 238 Å². The van der Waals surface area contributed by atoms with Crippen molar-refractivity contribution < 1.29 is 9.59 Å². The zero-order valence-electron chi connectivity index (χ0n) is 23.9. The number of anilines is 2. The summed E-state index contributed by atoms with van der Waals surface area (Å²) >= 11 is 0. The molecular weight excluding hydrogens is 518 g/mol. The van der Waals surface area contributed by atoms with Crippen LogP contribution in [0.2, 0.25) is 0 Å². The van der Waals surface area contributed by atoms with Gasteiger partial charge >= 0.3 is 6.03 Å². The number of urea groups is 1. The number of rotatable bonds is 6. The average Bonchev–Trinajstić information content (AvgIpc) is 3.49. The van der Waals surface area contributed by atoms with Crippen LogP contribution in [0.25, 0.3) is 11.3 Å². The molecule has 2 fully saturated rings. The highest BCUT2D eigenvalue weighted by Gasteiger charge is 2.43. The molecule has 2 aromatic carbocycles. The first-order valence-electron chi connectivity index (χ1n) is 13.7. The number of nitrogens with zero attached hydrogens (tertiary/aromatic N) is 7. The van der Waals surface area contributed by atoms with Crippen molar-refractivity contribution in [2.75, 3.05) is 37.0 Å². The summed E-state index contributed by atoms with van der Waals surface area (Å²) in [5.74, 6) is 0.793. The molecule has 2 unspecified atom stereocenters. The predicted octanol–water partition coefficient (Wildman–Crippen LogP) is 3.91. The van der Waals surface area contributed by atoms with Crippen LogP contribution in [-0.4, -0.2) is 63.1 Å². The molecule has 2 atom stereocenters. The average molecular weight is 552 g/mol. The second-order valence-corrected chi connectivity index (χ2v) is 11.1. The maximum Gasteiger partial charge on any atom is 0.330 e. The standard InChI is InChI=1S/C31H33N7O3/c1-19-22(7-6-8-26(19)37-13-14-38(31(37)41)27-17-35(4)18-32-27)25-16-36(5)30(40)28(33-25)24-15-23(24)20-9-11-21(12-10-20)29(39)34(2)3/h6-12,16-18,23-24H,13-15H2,1-5H3. The van der Waals surface area contributed by atoms with E-state index in [2.05, 4.69) is 4.98 Å². The van der Waals surface area contributed by atoms with Crippen LogP contribution >= 0.6 is 0 Å². The molecule has 6 rings (SSSR count). The van der Waals surface area contributed by atoms with Crippen molar-refractivity contribution in [3.05, 3.63) is 93.9 Å². The lowest BCUT2D eigenvalue weighted by atomic mass is 10.0. The van der Waals surface area contributed by atoms with Crippen LogP contribution in [0.4, 0.5) is 16.3 Å². The Morgan fingerprint density at radius 2 is 1.68 bits per heavy atom. The largest absolute Gasteiger partial charge is 0.345 e. The molecule has 10 heteroatoms. The highest BCUT2D eigenvalue weighted by atomic mass is 16.2. The van der Waals surface area contributed by atoms with Gasteiger partial charge in [0.2, 0.25) is 0 Å². The van der Waals surface area contributed by atoms with Gasteiger partial charge in [-0.05, 0) is 48.6 Å². The highest BCUT2D eigenvalue weighted by molar-refractivity contribution is 6.06. The lowest BCUT2D eigenvalue weighted by Gasteiger charge is -2.21. The number of carbonyl (C=O) groups excluding carboxylic acids is 2. The van der Waals surface area contributed by atoms with Gasteiger partial charge in [0.05, 0.1) is 12.0 Å². The third kappa shape index (κ3) is 4.69. The summed E-state index contributed by atoms with van der Waals surface area (Å²) in [7, 11) is 7.10. The van der Waals surface area contributed by atoms with Crippen molar-refractivity contribution in [2.45, 2.75) is 25.2 Å². The third-order valence-corrected chi connectivity index (χ3v) is 8.08. The van der Waals surface area contributed by atoms with Crippen molar-refractivity contribution in [2.24, 2.45) is 14.1 Å². The molecule has 41 heavy (non-hydrogen) atoms. The van der Waals surface area contributed by atoms with Crippen LogP contribution in [0.3, 0.4) is 0 Å². The Balaban J connectivity index is 1.28. The summed E-state index contributed by atoms with van der Waals surface area (Å²) < 4.78 is 3.42. The van der Waals surface area contributed by atoms with Gasteiger partial charge in [-0.25, -0.2) is 14.8 Å². The normalized spacial score (nSPS) is 18.2. The van der Waals surface area contributed by atoms with E-state index in [1.54, 1.807) is 52.9 Å². The van der Waals surface area contributed by atoms with E-state index < -0.39 is 0 Å². The Kier molecular flexibility index (Phi) is 6.48. The number of aromatic nitrogens is 4. The van der Waals surface area contributed by atoms with E-state index in [0.717, 1.165) is 28.8 Å². The van der Waals surface area contributed by atoms with Gasteiger partial charge in [-0.3, -0.25) is 19.4 Å². The van der Waals surface area contributed by atoms with Crippen LogP contribution < -0.4 is 15.4 Å². The molecule has 2 aromatic heterocycles. The van der Waals surface area contributed by atoms with Crippen molar-refractivity contribution >= 4 is 23.4 Å². The molecule has 1 aliphatic heterocycles. The molecule has 3 amide bonds. The maximum atomic E-state index is 13.3. The maximum absolute atomic E-state index is 13.3. The Bertz CT molecular complexity index is 1720. The highest BCUT2D eigenvalue weighted by Crippen LogP contribution is 2.53. The lowest BCUT2D eigenvalue weighted by molar-refractivity contribution is 0.0827. The van der Waals surface area contributed by atoms with Crippen molar-refractivity contribution in [3.63, 3.8) is 0 Å². The molecule has 0 bridgehead atoms. The minimum Gasteiger partial charge on any atom is -0.345 e. The predicted molar refractivity (Wildman–Crippen MR) is 158 cm³/mol. The van der Waals surface area contributed by atoms with Gasteiger partial charge in [-0.1, -0.05) is 24.3 Å². The molecule has 4 aromatic rings. The topological polar surface area (TPSA) is 96.6 Å². The van der Waals surface area contributed by atoms with Crippen LogP contribution in [0.15, 0.2) is 66.0 Å². The number of amides is 3. The molecule has 0 radical (unpaired) electrons. The molecule has 1 saturated carbocycles. The third-order valence-electron chi connectivity index (χ3n) is 8.08. The van der Waals surface area contributed by atoms with E-state index >= 15 is 0 Å². The van der Waals surface area contributed by atoms with Crippen LogP contribution in [0.5, 0.6) is 0 Å². The zero-order chi connectivity index (χ0) is 29.0. The van der Waals surface area contributed by atoms with Gasteiger partial charge in [0.1, 0.15) is 5.69 Å². The quantitative estimate of drug-likeness (QED) is 0.362. The molecule has 3 heterocycles. The monoisotopic (exact) mass is 551 g/mol. The first-order valence-corrected chi connectivity index (χ1v) is 13.7. The van der Waals surface area contributed by atoms with Gasteiger partial charge in [-0.15, -0.1) is 0 Å². The Morgan fingerprint density at radius 1 is 0.951 bits per heavy atom. The summed E-state index contributed by atoms with van der Waals surface area (Å²) in [4.78, 5) is 53.1. The summed E-state index contributed by atoms with van der Waals surface area (Å²) in [5, 5.41) is 0. The Morgan fingerprint density at radius 3 is 2.37 bits per heavy atom. The zero-order valence-corrected chi connectivity index (χ0v) is 23.9. The van der Waals surface area contributed by atoms with Gasteiger partial charge in [-0.2, -0.15) is 0 Å². The minimum atomic E-state index is -0.114. The first kappa shape index (κ1) is 26.5. The fraction of sp³-hybridized carbons (Fsp3) is 0.323. The van der Waals surface area contributed by atoms with Crippen molar-refractivity contribution in [1.29, 1.82) is 0 Å². The summed E-state index contributed by atoms with van der Waals surface area (Å²) in [6.45, 7) is 3.09. The number of hydrogen-bond donors (Lipinski definition) is 0. The van der Waals surface area contributed by atoms with Crippen molar-refractivity contribution in [3.8, 4) is 11.3 Å². The van der Waals surface area contributed by atoms with Gasteiger partial charge in [0, 0.05) is 76.4 Å². The number of benzene rings is 2. The van der Waals surface area contributed by atoms with Crippen LogP contribution in [0, 0.1) is 6.92 Å². The second kappa shape index (κ2) is 10.0. The van der Waals surface area contributed by atoms with E-state index in [9.17, 15) is 14.4 Å². The van der Waals surface area contributed by atoms with E-state index in [4.69, 9.17) is 4.98 Å². The summed E-state index contributed by atoms with van der Waals surface area (Å²) in [6.07, 6.45) is 6.12. The van der Waals surface area contributed by atoms with E-state index in [1.165, 1.54) is 0 Å². The second-order valence-electron chi connectivity index (χ2n) is 11.1. The SMILES string of the molecule is Cc1c(-c2cn(C)c(=O)c(C3CC3c3ccc(C(=O)N(C)C)cc3)n2)cccc1N1CCN(c2cn(C)cn2)C1=O. The van der Waals surface area contributed by atoms with E-state index in [-0.39, 0.29) is 29.3 Å². The lowest BCUT2D eigenvalue weighted by Crippen LogP contribution is -2.32. The van der Waals surface area contributed by atoms with E-state index in [0.29, 0.717) is 35.9 Å². The van der Waals surface area contributed by atoms with E-state index in [1.807, 2.05) is 67.2 Å². The number of imidazole rings is 1. The van der Waals surface area contributed by atoms with Crippen LogP contribution in [-0.2, 0) is 14.1 Å². The van der Waals surface area contributed by atoms with Gasteiger partial charge in [0.15, 0.2) is 5.82 Å². The molecule has 10 nitrogen and oxygen atoms in total. The van der Waals surface area contributed by atoms with Gasteiger partial charge in [0.25, 0.3) is 11.5 Å². The summed E-state index contributed by atoms with van der Waals surface area (Å²) in [6, 6.07) is 13.4. The fourth-order valence-electron chi connectivity index (χ4n) is 5.70. The molecule has 0 N–H and O–H groups in total. The number of hydrogen-bond acceptors (Lipinski definition) is 5. The minimum absolute atomic E-state index is 0.0135. The molecular formula is C31H33N7O3. The molecule has 1 saturated heterocycles. The number of carbonyl (C=O) groups is 2. The Hall–Kier alpha value is -4.73. The summed E-state index contributed by atoms with van der Waals surface area (Å²) in [5.41, 5.74) is 5.51. The molecule has 0 spiro atoms. The van der Waals surface area contributed by atoms with Crippen molar-refractivity contribution in [1.82, 2.24) is 24.0 Å². The molecule has 2 aliphatic rings. The van der Waals surface area contributed by atoms with Gasteiger partial charge < -0.3 is 14.0 Å². The molecule has 1 aliphatic carbocycles. The first-order chi connectivity index (χ1) is 19.6. The molecule has 210 valence electrons. The van der Waals surface area contributed by atoms with Crippen LogP contribution in [0.1, 0.15) is 45.4 Å². The smallest absolute Gasteiger partial charge is 0.330 e. The number of aryl methyl sites for hydroxylation is 2.